The molecule has 0 bridgehead atoms. The first-order chi connectivity index (χ1) is 11.2. The zero-order valence-electron chi connectivity index (χ0n) is 13.4. The number of H-pyrrole nitrogens is 1. The van der Waals surface area contributed by atoms with Gasteiger partial charge < -0.3 is 10.6 Å². The molecule has 0 radical (unpaired) electrons. The Labute approximate surface area is 140 Å². The third-order valence-electron chi connectivity index (χ3n) is 3.22. The Hall–Kier alpha value is -2.02. The second kappa shape index (κ2) is 9.19. The SMILES string of the molecule is CCNC(=NCc1ccc(F)cc1CSC)NCc1ccn[nH]1. The third-order valence-corrected chi connectivity index (χ3v) is 3.82. The Morgan fingerprint density at radius 1 is 1.30 bits per heavy atom. The van der Waals surface area contributed by atoms with E-state index in [1.807, 2.05) is 25.3 Å². The monoisotopic (exact) mass is 335 g/mol. The van der Waals surface area contributed by atoms with Crippen LogP contribution < -0.4 is 10.6 Å². The van der Waals surface area contributed by atoms with Crippen LogP contribution in [-0.2, 0) is 18.8 Å². The second-order valence-corrected chi connectivity index (χ2v) is 5.84. The van der Waals surface area contributed by atoms with Crippen molar-refractivity contribution in [2.75, 3.05) is 12.8 Å². The molecule has 2 aromatic rings. The van der Waals surface area contributed by atoms with Crippen molar-refractivity contribution in [2.45, 2.75) is 25.8 Å². The van der Waals surface area contributed by atoms with Gasteiger partial charge in [0.25, 0.3) is 0 Å². The van der Waals surface area contributed by atoms with E-state index < -0.39 is 0 Å². The average Bonchev–Trinajstić information content (AvgIpc) is 3.05. The van der Waals surface area contributed by atoms with Gasteiger partial charge in [0.2, 0.25) is 0 Å². The van der Waals surface area contributed by atoms with E-state index in [9.17, 15) is 4.39 Å². The van der Waals surface area contributed by atoms with Gasteiger partial charge in [0.05, 0.1) is 18.8 Å². The molecule has 124 valence electrons. The molecule has 1 aromatic heterocycles. The molecule has 0 atom stereocenters. The van der Waals surface area contributed by atoms with Gasteiger partial charge in [-0.05, 0) is 42.5 Å². The van der Waals surface area contributed by atoms with Crippen LogP contribution in [0.2, 0.25) is 0 Å². The van der Waals surface area contributed by atoms with E-state index in [-0.39, 0.29) is 5.82 Å². The van der Waals surface area contributed by atoms with Crippen LogP contribution in [0.15, 0.2) is 35.5 Å². The number of hydrogen-bond acceptors (Lipinski definition) is 3. The van der Waals surface area contributed by atoms with Gasteiger partial charge in [0.15, 0.2) is 5.96 Å². The van der Waals surface area contributed by atoms with E-state index >= 15 is 0 Å². The summed E-state index contributed by atoms with van der Waals surface area (Å²) in [5, 5.41) is 13.3. The van der Waals surface area contributed by atoms with Gasteiger partial charge >= 0.3 is 0 Å². The molecule has 0 unspecified atom stereocenters. The zero-order valence-corrected chi connectivity index (χ0v) is 14.2. The number of aromatic amines is 1. The number of thioether (sulfide) groups is 1. The Morgan fingerprint density at radius 2 is 2.17 bits per heavy atom. The fourth-order valence-electron chi connectivity index (χ4n) is 2.11. The molecule has 0 saturated heterocycles. The Balaban J connectivity index is 2.04. The molecule has 0 amide bonds. The zero-order chi connectivity index (χ0) is 16.5. The number of hydrogen-bond donors (Lipinski definition) is 3. The Kier molecular flexibility index (Phi) is 6.93. The van der Waals surface area contributed by atoms with Gasteiger partial charge in [0.1, 0.15) is 5.82 Å². The molecule has 1 heterocycles. The molecule has 1 aromatic carbocycles. The lowest BCUT2D eigenvalue weighted by Gasteiger charge is -2.12. The first-order valence-corrected chi connectivity index (χ1v) is 8.89. The lowest BCUT2D eigenvalue weighted by atomic mass is 10.1. The minimum Gasteiger partial charge on any atom is -0.357 e. The van der Waals surface area contributed by atoms with Crippen LogP contribution in [0.5, 0.6) is 0 Å². The van der Waals surface area contributed by atoms with E-state index in [4.69, 9.17) is 0 Å². The highest BCUT2D eigenvalue weighted by molar-refractivity contribution is 7.97. The van der Waals surface area contributed by atoms with Crippen molar-refractivity contribution < 1.29 is 4.39 Å². The smallest absolute Gasteiger partial charge is 0.191 e. The lowest BCUT2D eigenvalue weighted by molar-refractivity contribution is 0.625. The summed E-state index contributed by atoms with van der Waals surface area (Å²) >= 11 is 1.67. The maximum Gasteiger partial charge on any atom is 0.191 e. The normalized spacial score (nSPS) is 11.5. The number of aromatic nitrogens is 2. The first-order valence-electron chi connectivity index (χ1n) is 7.49. The van der Waals surface area contributed by atoms with Crippen LogP contribution >= 0.6 is 11.8 Å². The molecule has 2 rings (SSSR count). The molecule has 0 spiro atoms. The van der Waals surface area contributed by atoms with Crippen molar-refractivity contribution >= 4 is 17.7 Å². The molecular formula is C16H22FN5S. The number of guanidine groups is 1. The Bertz CT molecular complexity index is 627. The number of nitrogens with zero attached hydrogens (tertiary/aromatic N) is 2. The number of benzene rings is 1. The summed E-state index contributed by atoms with van der Waals surface area (Å²) in [6.45, 7) is 3.92. The first kappa shape index (κ1) is 17.3. The summed E-state index contributed by atoms with van der Waals surface area (Å²) in [6.07, 6.45) is 3.72. The van der Waals surface area contributed by atoms with Crippen molar-refractivity contribution in [3.8, 4) is 0 Å². The van der Waals surface area contributed by atoms with Gasteiger partial charge in [-0.3, -0.25) is 5.10 Å². The highest BCUT2D eigenvalue weighted by Crippen LogP contribution is 2.17. The molecule has 0 aliphatic rings. The average molecular weight is 335 g/mol. The standard InChI is InChI=1S/C16H22FN5S/c1-3-18-16(20-10-15-6-7-21-22-15)19-9-12-4-5-14(17)8-13(12)11-23-2/h4-8H,3,9-11H2,1-2H3,(H,21,22)(H2,18,19,20). The molecular weight excluding hydrogens is 313 g/mol. The Morgan fingerprint density at radius 3 is 2.87 bits per heavy atom. The molecule has 0 aliphatic carbocycles. The van der Waals surface area contributed by atoms with Crippen LogP contribution in [0, 0.1) is 5.82 Å². The lowest BCUT2D eigenvalue weighted by Crippen LogP contribution is -2.36. The number of halogens is 1. The van der Waals surface area contributed by atoms with Gasteiger partial charge in [-0.15, -0.1) is 0 Å². The van der Waals surface area contributed by atoms with E-state index in [0.29, 0.717) is 13.1 Å². The highest BCUT2D eigenvalue weighted by Gasteiger charge is 2.05. The van der Waals surface area contributed by atoms with Gasteiger partial charge in [-0.2, -0.15) is 16.9 Å². The minimum atomic E-state index is -0.203. The third kappa shape index (κ3) is 5.59. The molecule has 23 heavy (non-hydrogen) atoms. The number of aliphatic imine (C=N–C) groups is 1. The molecule has 0 aliphatic heterocycles. The molecule has 3 N–H and O–H groups in total. The van der Waals surface area contributed by atoms with Crippen molar-refractivity contribution in [3.05, 3.63) is 53.1 Å². The van der Waals surface area contributed by atoms with Crippen molar-refractivity contribution in [2.24, 2.45) is 4.99 Å². The summed E-state index contributed by atoms with van der Waals surface area (Å²) in [7, 11) is 0. The highest BCUT2D eigenvalue weighted by atomic mass is 32.2. The topological polar surface area (TPSA) is 65.1 Å². The van der Waals surface area contributed by atoms with Gasteiger partial charge in [-0.1, -0.05) is 6.07 Å². The van der Waals surface area contributed by atoms with Crippen LogP contribution in [0.25, 0.3) is 0 Å². The van der Waals surface area contributed by atoms with Gasteiger partial charge in [0, 0.05) is 18.5 Å². The summed E-state index contributed by atoms with van der Waals surface area (Å²) in [5.74, 6) is 1.30. The van der Waals surface area contributed by atoms with Crippen LogP contribution in [-0.4, -0.2) is 29.0 Å². The minimum absolute atomic E-state index is 0.203. The quantitative estimate of drug-likeness (QED) is 0.538. The maximum atomic E-state index is 13.4. The predicted molar refractivity (Wildman–Crippen MR) is 93.9 cm³/mol. The van der Waals surface area contributed by atoms with E-state index in [1.165, 1.54) is 6.07 Å². The van der Waals surface area contributed by atoms with E-state index in [1.54, 1.807) is 24.0 Å². The van der Waals surface area contributed by atoms with Gasteiger partial charge in [-0.25, -0.2) is 9.38 Å². The van der Waals surface area contributed by atoms with Crippen molar-refractivity contribution in [1.82, 2.24) is 20.8 Å². The number of rotatable bonds is 7. The molecule has 7 heteroatoms. The second-order valence-electron chi connectivity index (χ2n) is 4.98. The predicted octanol–water partition coefficient (Wildman–Crippen LogP) is 2.67. The fourth-order valence-corrected chi connectivity index (χ4v) is 2.69. The van der Waals surface area contributed by atoms with Crippen LogP contribution in [0.4, 0.5) is 4.39 Å². The maximum absolute atomic E-state index is 13.4. The van der Waals surface area contributed by atoms with Crippen LogP contribution in [0.3, 0.4) is 0 Å². The molecule has 5 nitrogen and oxygen atoms in total. The molecule has 0 saturated carbocycles. The molecule has 0 fully saturated rings. The van der Waals surface area contributed by atoms with Crippen LogP contribution in [0.1, 0.15) is 23.7 Å². The van der Waals surface area contributed by atoms with Crippen molar-refractivity contribution in [1.29, 1.82) is 0 Å². The summed E-state index contributed by atoms with van der Waals surface area (Å²) in [6, 6.07) is 6.79. The summed E-state index contributed by atoms with van der Waals surface area (Å²) in [5.41, 5.74) is 3.02. The van der Waals surface area contributed by atoms with E-state index in [2.05, 4.69) is 25.8 Å². The van der Waals surface area contributed by atoms with E-state index in [0.717, 1.165) is 35.1 Å². The largest absolute Gasteiger partial charge is 0.357 e. The summed E-state index contributed by atoms with van der Waals surface area (Å²) < 4.78 is 13.4. The fraction of sp³-hybridized carbons (Fsp3) is 0.375. The number of nitrogens with one attached hydrogen (secondary N) is 3. The summed E-state index contributed by atoms with van der Waals surface area (Å²) in [4.78, 5) is 4.58. The van der Waals surface area contributed by atoms with Crippen molar-refractivity contribution in [3.63, 3.8) is 0 Å².